The summed E-state index contributed by atoms with van der Waals surface area (Å²) in [7, 11) is 0. The first-order valence-electron chi connectivity index (χ1n) is 11.8. The number of anilines is 2. The largest absolute Gasteiger partial charge is 0.474 e. The lowest BCUT2D eigenvalue weighted by Crippen LogP contribution is -2.34. The van der Waals surface area contributed by atoms with Crippen molar-refractivity contribution < 1.29 is 9.84 Å². The highest BCUT2D eigenvalue weighted by Crippen LogP contribution is 2.38. The van der Waals surface area contributed by atoms with Gasteiger partial charge in [0.15, 0.2) is 0 Å². The number of rotatable bonds is 5. The zero-order valence-electron chi connectivity index (χ0n) is 18.9. The number of pyridine rings is 1. The van der Waals surface area contributed by atoms with E-state index in [9.17, 15) is 5.11 Å². The van der Waals surface area contributed by atoms with Gasteiger partial charge in [0.2, 0.25) is 11.8 Å². The number of ether oxygens (including phenoxy) is 1. The van der Waals surface area contributed by atoms with Crippen LogP contribution in [0.3, 0.4) is 0 Å². The first kappa shape index (κ1) is 22.3. The molecule has 0 spiro atoms. The zero-order valence-corrected chi connectivity index (χ0v) is 19.6. The minimum atomic E-state index is -0.206. The molecule has 174 valence electrons. The molecule has 2 fully saturated rings. The standard InChI is InChI=1S/C25H30ClN5O2/c1-15-12-17(26)4-7-22(15)30-25-29-14-21-23(31-25)20(16-2-5-18(32)6-3-16)13-28-24(21)33-19-8-10-27-11-9-19/h4,7,12-14,16,18-19,27,32H,2-3,5-6,8-11H2,1H3,(H,29,30,31). The third-order valence-corrected chi connectivity index (χ3v) is 6.98. The zero-order chi connectivity index (χ0) is 22.8. The molecule has 1 saturated heterocycles. The molecule has 0 atom stereocenters. The highest BCUT2D eigenvalue weighted by atomic mass is 35.5. The Morgan fingerprint density at radius 1 is 1.06 bits per heavy atom. The normalized spacial score (nSPS) is 21.8. The van der Waals surface area contributed by atoms with Gasteiger partial charge in [0, 0.05) is 28.7 Å². The fraction of sp³-hybridized carbons (Fsp3) is 0.480. The van der Waals surface area contributed by atoms with E-state index in [0.717, 1.165) is 79.3 Å². The second-order valence-electron chi connectivity index (χ2n) is 9.13. The molecule has 8 heteroatoms. The fourth-order valence-electron chi connectivity index (χ4n) is 4.82. The average Bonchev–Trinajstić information content (AvgIpc) is 2.82. The molecule has 1 aromatic carbocycles. The lowest BCUT2D eigenvalue weighted by Gasteiger charge is -2.27. The van der Waals surface area contributed by atoms with E-state index < -0.39 is 0 Å². The number of fused-ring (bicyclic) bond motifs is 1. The van der Waals surface area contributed by atoms with Crippen LogP contribution in [-0.4, -0.2) is 45.4 Å². The maximum absolute atomic E-state index is 9.98. The molecule has 7 nitrogen and oxygen atoms in total. The third-order valence-electron chi connectivity index (χ3n) is 6.75. The second kappa shape index (κ2) is 9.79. The van der Waals surface area contributed by atoms with Gasteiger partial charge in [-0.05, 0) is 88.2 Å². The molecule has 3 heterocycles. The first-order valence-corrected chi connectivity index (χ1v) is 12.2. The monoisotopic (exact) mass is 467 g/mol. The quantitative estimate of drug-likeness (QED) is 0.492. The lowest BCUT2D eigenvalue weighted by atomic mass is 9.83. The number of aromatic nitrogens is 3. The molecular weight excluding hydrogens is 438 g/mol. The topological polar surface area (TPSA) is 92.2 Å². The number of aryl methyl sites for hydroxylation is 1. The van der Waals surface area contributed by atoms with Gasteiger partial charge in [0.25, 0.3) is 0 Å². The van der Waals surface area contributed by atoms with Gasteiger partial charge in [-0.2, -0.15) is 0 Å². The first-order chi connectivity index (χ1) is 16.1. The number of hydrogen-bond donors (Lipinski definition) is 3. The lowest BCUT2D eigenvalue weighted by molar-refractivity contribution is 0.122. The van der Waals surface area contributed by atoms with Crippen LogP contribution < -0.4 is 15.4 Å². The van der Waals surface area contributed by atoms with E-state index >= 15 is 0 Å². The number of nitrogens with one attached hydrogen (secondary N) is 2. The average molecular weight is 468 g/mol. The summed E-state index contributed by atoms with van der Waals surface area (Å²) < 4.78 is 6.31. The van der Waals surface area contributed by atoms with Crippen LogP contribution in [0.1, 0.15) is 55.6 Å². The molecule has 0 bridgehead atoms. The summed E-state index contributed by atoms with van der Waals surface area (Å²) in [4.78, 5) is 14.2. The molecule has 2 aliphatic rings. The fourth-order valence-corrected chi connectivity index (χ4v) is 5.04. The summed E-state index contributed by atoms with van der Waals surface area (Å²) in [6.45, 7) is 3.91. The minimum absolute atomic E-state index is 0.146. The van der Waals surface area contributed by atoms with Gasteiger partial charge < -0.3 is 20.5 Å². The van der Waals surface area contributed by atoms with Gasteiger partial charge in [0.1, 0.15) is 6.10 Å². The van der Waals surface area contributed by atoms with Gasteiger partial charge in [-0.3, -0.25) is 0 Å². The summed E-state index contributed by atoms with van der Waals surface area (Å²) in [6.07, 6.45) is 9.06. The Labute approximate surface area is 199 Å². The molecule has 0 amide bonds. The highest BCUT2D eigenvalue weighted by Gasteiger charge is 2.25. The van der Waals surface area contributed by atoms with Crippen molar-refractivity contribution in [1.29, 1.82) is 0 Å². The van der Waals surface area contributed by atoms with E-state index in [1.807, 2.05) is 37.5 Å². The van der Waals surface area contributed by atoms with Crippen LogP contribution in [0.2, 0.25) is 5.02 Å². The SMILES string of the molecule is Cc1cc(Cl)ccc1Nc1ncc2c(OC3CCNCC3)ncc(C3CCC(O)CC3)c2n1. The van der Waals surface area contributed by atoms with Crippen molar-refractivity contribution in [3.63, 3.8) is 0 Å². The summed E-state index contributed by atoms with van der Waals surface area (Å²) in [6, 6.07) is 5.71. The van der Waals surface area contributed by atoms with Crippen molar-refractivity contribution in [3.8, 4) is 5.88 Å². The smallest absolute Gasteiger partial charge is 0.227 e. The third kappa shape index (κ3) is 5.05. The van der Waals surface area contributed by atoms with Crippen LogP contribution in [0.15, 0.2) is 30.6 Å². The Morgan fingerprint density at radius 3 is 2.61 bits per heavy atom. The predicted molar refractivity (Wildman–Crippen MR) is 131 cm³/mol. The van der Waals surface area contributed by atoms with E-state index in [0.29, 0.717) is 22.8 Å². The van der Waals surface area contributed by atoms with Gasteiger partial charge in [-0.15, -0.1) is 0 Å². The number of halogens is 1. The number of aliphatic hydroxyl groups excluding tert-OH is 1. The van der Waals surface area contributed by atoms with E-state index in [1.54, 1.807) is 0 Å². The van der Waals surface area contributed by atoms with Crippen molar-refractivity contribution in [2.24, 2.45) is 0 Å². The van der Waals surface area contributed by atoms with Gasteiger partial charge in [-0.25, -0.2) is 15.0 Å². The Balaban J connectivity index is 1.51. The van der Waals surface area contributed by atoms with E-state index in [-0.39, 0.29) is 12.2 Å². The molecule has 0 radical (unpaired) electrons. The highest BCUT2D eigenvalue weighted by molar-refractivity contribution is 6.30. The van der Waals surface area contributed by atoms with E-state index in [2.05, 4.69) is 15.6 Å². The maximum Gasteiger partial charge on any atom is 0.227 e. The summed E-state index contributed by atoms with van der Waals surface area (Å²) in [5.74, 6) is 1.45. The maximum atomic E-state index is 9.98. The molecule has 3 N–H and O–H groups in total. The Morgan fingerprint density at radius 2 is 1.85 bits per heavy atom. The molecule has 3 aromatic rings. The van der Waals surface area contributed by atoms with Crippen LogP contribution >= 0.6 is 11.6 Å². The molecule has 33 heavy (non-hydrogen) atoms. The second-order valence-corrected chi connectivity index (χ2v) is 9.57. The molecule has 1 aliphatic heterocycles. The molecule has 5 rings (SSSR count). The minimum Gasteiger partial charge on any atom is -0.474 e. The summed E-state index contributed by atoms with van der Waals surface area (Å²) in [5, 5.41) is 18.2. The Kier molecular flexibility index (Phi) is 6.62. The molecule has 2 aromatic heterocycles. The van der Waals surface area contributed by atoms with Crippen LogP contribution in [0.4, 0.5) is 11.6 Å². The predicted octanol–water partition coefficient (Wildman–Crippen LogP) is 4.88. The van der Waals surface area contributed by atoms with Crippen LogP contribution in [0.5, 0.6) is 5.88 Å². The molecule has 0 unspecified atom stereocenters. The number of aliphatic hydroxyl groups is 1. The number of nitrogens with zero attached hydrogens (tertiary/aromatic N) is 3. The molecular formula is C25H30ClN5O2. The van der Waals surface area contributed by atoms with Crippen molar-refractivity contribution in [2.75, 3.05) is 18.4 Å². The van der Waals surface area contributed by atoms with Crippen molar-refractivity contribution in [2.45, 2.75) is 63.6 Å². The van der Waals surface area contributed by atoms with E-state index in [1.165, 1.54) is 0 Å². The number of hydrogen-bond acceptors (Lipinski definition) is 7. The summed E-state index contributed by atoms with van der Waals surface area (Å²) in [5.41, 5.74) is 3.92. The van der Waals surface area contributed by atoms with Crippen molar-refractivity contribution in [1.82, 2.24) is 20.3 Å². The van der Waals surface area contributed by atoms with Gasteiger partial charge in [-0.1, -0.05) is 11.6 Å². The number of benzene rings is 1. The molecule has 1 aliphatic carbocycles. The van der Waals surface area contributed by atoms with Crippen molar-refractivity contribution >= 4 is 34.1 Å². The van der Waals surface area contributed by atoms with Gasteiger partial charge in [0.05, 0.1) is 17.0 Å². The number of piperidine rings is 1. The van der Waals surface area contributed by atoms with Crippen LogP contribution in [0.25, 0.3) is 10.9 Å². The summed E-state index contributed by atoms with van der Waals surface area (Å²) >= 11 is 6.11. The van der Waals surface area contributed by atoms with Crippen molar-refractivity contribution in [3.05, 3.63) is 46.7 Å². The van der Waals surface area contributed by atoms with Crippen LogP contribution in [-0.2, 0) is 0 Å². The Hall–Kier alpha value is -2.48. The van der Waals surface area contributed by atoms with Gasteiger partial charge >= 0.3 is 0 Å². The van der Waals surface area contributed by atoms with E-state index in [4.69, 9.17) is 26.3 Å². The molecule has 1 saturated carbocycles. The van der Waals surface area contributed by atoms with Crippen LogP contribution in [0, 0.1) is 6.92 Å². The Bertz CT molecular complexity index is 1130.